The van der Waals surface area contributed by atoms with Gasteiger partial charge in [0.15, 0.2) is 0 Å². The average molecular weight is 303 g/mol. The van der Waals surface area contributed by atoms with Gasteiger partial charge in [-0.2, -0.15) is 5.26 Å². The number of hydrogen-bond acceptors (Lipinski definition) is 4. The average Bonchev–Trinajstić information content (AvgIpc) is 2.98. The first-order chi connectivity index (χ1) is 9.95. The summed E-state index contributed by atoms with van der Waals surface area (Å²) < 4.78 is 0. The Balaban J connectivity index is 2.23. The molecule has 21 heavy (non-hydrogen) atoms. The first-order valence-corrected chi connectivity index (χ1v) is 8.17. The lowest BCUT2D eigenvalue weighted by molar-refractivity contribution is -0.129. The molecule has 0 aromatic carbocycles. The van der Waals surface area contributed by atoms with Crippen molar-refractivity contribution in [2.45, 2.75) is 50.8 Å². The quantitative estimate of drug-likeness (QED) is 0.806. The summed E-state index contributed by atoms with van der Waals surface area (Å²) >= 11 is 1.40. The SMILES string of the molecule is Cc1nc(SC(C)C(=O)N2CCCC2)c(C#N)c(C)c1C. The van der Waals surface area contributed by atoms with Crippen LogP contribution in [-0.2, 0) is 4.79 Å². The topological polar surface area (TPSA) is 57.0 Å². The van der Waals surface area contributed by atoms with Gasteiger partial charge in [-0.15, -0.1) is 0 Å². The van der Waals surface area contributed by atoms with Crippen LogP contribution in [0, 0.1) is 32.1 Å². The molecule has 0 saturated carbocycles. The van der Waals surface area contributed by atoms with Crippen molar-refractivity contribution in [1.82, 2.24) is 9.88 Å². The smallest absolute Gasteiger partial charge is 0.235 e. The molecule has 5 heteroatoms. The molecule has 0 bridgehead atoms. The number of thioether (sulfide) groups is 1. The number of pyridine rings is 1. The highest BCUT2D eigenvalue weighted by atomic mass is 32.2. The molecule has 4 nitrogen and oxygen atoms in total. The van der Waals surface area contributed by atoms with Crippen LogP contribution in [0.1, 0.15) is 42.1 Å². The van der Waals surface area contributed by atoms with E-state index in [0.29, 0.717) is 10.6 Å². The number of nitriles is 1. The Bertz CT molecular complexity index is 601. The molecule has 1 amide bonds. The third kappa shape index (κ3) is 3.21. The number of aromatic nitrogens is 1. The number of rotatable bonds is 3. The van der Waals surface area contributed by atoms with E-state index >= 15 is 0 Å². The van der Waals surface area contributed by atoms with Crippen LogP contribution in [0.4, 0.5) is 0 Å². The largest absolute Gasteiger partial charge is 0.342 e. The minimum absolute atomic E-state index is 0.152. The van der Waals surface area contributed by atoms with Crippen molar-refractivity contribution in [3.63, 3.8) is 0 Å². The molecule has 0 aliphatic carbocycles. The Morgan fingerprint density at radius 1 is 1.29 bits per heavy atom. The Hall–Kier alpha value is -1.54. The predicted octanol–water partition coefficient (Wildman–Crippen LogP) is 2.98. The highest BCUT2D eigenvalue weighted by Gasteiger charge is 2.25. The standard InChI is InChI=1S/C16H21N3OS/c1-10-11(2)14(9-17)15(18-12(10)3)21-13(4)16(20)19-7-5-6-8-19/h13H,5-8H2,1-4H3. The summed E-state index contributed by atoms with van der Waals surface area (Å²) in [5, 5.41) is 9.85. The molecule has 1 atom stereocenters. The van der Waals surface area contributed by atoms with Crippen LogP contribution < -0.4 is 0 Å². The van der Waals surface area contributed by atoms with Crippen LogP contribution >= 0.6 is 11.8 Å². The van der Waals surface area contributed by atoms with Crippen LogP contribution in [0.3, 0.4) is 0 Å². The van der Waals surface area contributed by atoms with Crippen molar-refractivity contribution in [2.75, 3.05) is 13.1 Å². The first-order valence-electron chi connectivity index (χ1n) is 7.29. The molecule has 1 saturated heterocycles. The van der Waals surface area contributed by atoms with E-state index in [4.69, 9.17) is 0 Å². The van der Waals surface area contributed by atoms with E-state index in [-0.39, 0.29) is 11.2 Å². The molecular formula is C16H21N3OS. The van der Waals surface area contributed by atoms with E-state index < -0.39 is 0 Å². The molecule has 0 radical (unpaired) electrons. The summed E-state index contributed by atoms with van der Waals surface area (Å²) in [4.78, 5) is 18.8. The summed E-state index contributed by atoms with van der Waals surface area (Å²) in [6, 6.07) is 2.24. The van der Waals surface area contributed by atoms with Crippen molar-refractivity contribution >= 4 is 17.7 Å². The van der Waals surface area contributed by atoms with E-state index in [2.05, 4.69) is 11.1 Å². The zero-order valence-electron chi connectivity index (χ0n) is 13.1. The number of nitrogens with zero attached hydrogens (tertiary/aromatic N) is 3. The first kappa shape index (κ1) is 15.8. The maximum atomic E-state index is 12.4. The Morgan fingerprint density at radius 2 is 1.90 bits per heavy atom. The molecule has 1 aromatic rings. The van der Waals surface area contributed by atoms with Gasteiger partial charge in [0.25, 0.3) is 0 Å². The van der Waals surface area contributed by atoms with E-state index in [9.17, 15) is 10.1 Å². The summed E-state index contributed by atoms with van der Waals surface area (Å²) in [5.41, 5.74) is 3.54. The highest BCUT2D eigenvalue weighted by molar-refractivity contribution is 8.00. The Labute approximate surface area is 130 Å². The van der Waals surface area contributed by atoms with Gasteiger partial charge >= 0.3 is 0 Å². The van der Waals surface area contributed by atoms with Crippen LogP contribution in [0.15, 0.2) is 5.03 Å². The van der Waals surface area contributed by atoms with Crippen molar-refractivity contribution in [3.05, 3.63) is 22.4 Å². The minimum atomic E-state index is -0.204. The zero-order chi connectivity index (χ0) is 15.6. The van der Waals surface area contributed by atoms with Gasteiger partial charge < -0.3 is 4.90 Å². The van der Waals surface area contributed by atoms with Gasteiger partial charge in [0.1, 0.15) is 11.1 Å². The fraction of sp³-hybridized carbons (Fsp3) is 0.562. The number of carbonyl (C=O) groups is 1. The maximum absolute atomic E-state index is 12.4. The lowest BCUT2D eigenvalue weighted by atomic mass is 10.1. The van der Waals surface area contributed by atoms with Crippen molar-refractivity contribution < 1.29 is 4.79 Å². The summed E-state index contributed by atoms with van der Waals surface area (Å²) in [5.74, 6) is 0.152. The zero-order valence-corrected chi connectivity index (χ0v) is 13.9. The lowest BCUT2D eigenvalue weighted by Gasteiger charge is -2.20. The van der Waals surface area contributed by atoms with Crippen molar-refractivity contribution in [3.8, 4) is 6.07 Å². The molecule has 112 valence electrons. The second-order valence-electron chi connectivity index (χ2n) is 5.53. The molecule has 2 rings (SSSR count). The second kappa shape index (κ2) is 6.48. The third-order valence-corrected chi connectivity index (χ3v) is 5.20. The van der Waals surface area contributed by atoms with Crippen molar-refractivity contribution in [1.29, 1.82) is 5.26 Å². The van der Waals surface area contributed by atoms with Crippen LogP contribution in [0.2, 0.25) is 0 Å². The van der Waals surface area contributed by atoms with Gasteiger partial charge in [0.2, 0.25) is 5.91 Å². The number of hydrogen-bond donors (Lipinski definition) is 0. The second-order valence-corrected chi connectivity index (χ2v) is 6.86. The predicted molar refractivity (Wildman–Crippen MR) is 84.3 cm³/mol. The summed E-state index contributed by atoms with van der Waals surface area (Å²) in [6.07, 6.45) is 2.18. The fourth-order valence-corrected chi connectivity index (χ4v) is 3.63. The van der Waals surface area contributed by atoms with Gasteiger partial charge in [-0.25, -0.2) is 4.98 Å². The van der Waals surface area contributed by atoms with Crippen LogP contribution in [0.5, 0.6) is 0 Å². The lowest BCUT2D eigenvalue weighted by Crippen LogP contribution is -2.34. The van der Waals surface area contributed by atoms with Gasteiger partial charge in [0, 0.05) is 18.8 Å². The Morgan fingerprint density at radius 3 is 2.48 bits per heavy atom. The number of aryl methyl sites for hydroxylation is 1. The highest BCUT2D eigenvalue weighted by Crippen LogP contribution is 2.30. The Kier molecular flexibility index (Phi) is 4.89. The molecule has 1 aliphatic heterocycles. The molecule has 1 unspecified atom stereocenters. The van der Waals surface area contributed by atoms with Gasteiger partial charge in [-0.1, -0.05) is 11.8 Å². The van der Waals surface area contributed by atoms with E-state index in [1.165, 1.54) is 11.8 Å². The van der Waals surface area contributed by atoms with Crippen LogP contribution in [0.25, 0.3) is 0 Å². The molecule has 1 fully saturated rings. The molecular weight excluding hydrogens is 282 g/mol. The normalized spacial score (nSPS) is 15.9. The minimum Gasteiger partial charge on any atom is -0.342 e. The molecule has 1 aliphatic rings. The van der Waals surface area contributed by atoms with Gasteiger partial charge in [-0.3, -0.25) is 4.79 Å². The van der Waals surface area contributed by atoms with E-state index in [1.54, 1.807) is 0 Å². The molecule has 2 heterocycles. The summed E-state index contributed by atoms with van der Waals surface area (Å²) in [6.45, 7) is 9.48. The maximum Gasteiger partial charge on any atom is 0.235 e. The number of carbonyl (C=O) groups excluding carboxylic acids is 1. The summed E-state index contributed by atoms with van der Waals surface area (Å²) in [7, 11) is 0. The number of likely N-dealkylation sites (tertiary alicyclic amines) is 1. The van der Waals surface area contributed by atoms with E-state index in [0.717, 1.165) is 42.8 Å². The van der Waals surface area contributed by atoms with Crippen LogP contribution in [-0.4, -0.2) is 34.1 Å². The molecule has 0 spiro atoms. The third-order valence-electron chi connectivity index (χ3n) is 4.13. The van der Waals surface area contributed by atoms with Gasteiger partial charge in [-0.05, 0) is 51.7 Å². The van der Waals surface area contributed by atoms with E-state index in [1.807, 2.05) is 32.6 Å². The van der Waals surface area contributed by atoms with Gasteiger partial charge in [0.05, 0.1) is 10.8 Å². The number of amides is 1. The molecule has 1 aromatic heterocycles. The molecule has 0 N–H and O–H groups in total. The monoisotopic (exact) mass is 303 g/mol. The van der Waals surface area contributed by atoms with Crippen molar-refractivity contribution in [2.24, 2.45) is 0 Å². The fourth-order valence-electron chi connectivity index (χ4n) is 2.54.